The van der Waals surface area contributed by atoms with Crippen molar-refractivity contribution in [1.82, 2.24) is 0 Å². The van der Waals surface area contributed by atoms with Gasteiger partial charge in [-0.05, 0) is 37.5 Å². The largest absolute Gasteiger partial charge is 0.325 e. The van der Waals surface area contributed by atoms with Crippen LogP contribution in [0, 0.1) is 5.41 Å². The summed E-state index contributed by atoms with van der Waals surface area (Å²) in [6.07, 6.45) is 6.61. The third-order valence-corrected chi connectivity index (χ3v) is 3.23. The van der Waals surface area contributed by atoms with Gasteiger partial charge in [0.15, 0.2) is 0 Å². The Morgan fingerprint density at radius 2 is 1.67 bits per heavy atom. The summed E-state index contributed by atoms with van der Waals surface area (Å²) < 4.78 is 0. The third-order valence-electron chi connectivity index (χ3n) is 3.23. The maximum atomic E-state index is 6.09. The van der Waals surface area contributed by atoms with Gasteiger partial charge in [-0.15, -0.1) is 0 Å². The molecule has 2 aliphatic rings. The highest BCUT2D eigenvalue weighted by Gasteiger charge is 2.48. The van der Waals surface area contributed by atoms with Gasteiger partial charge in [-0.25, -0.2) is 0 Å². The number of nitrogens with two attached hydrogens (primary N) is 1. The summed E-state index contributed by atoms with van der Waals surface area (Å²) in [5, 5.41) is 0. The summed E-state index contributed by atoms with van der Waals surface area (Å²) in [6, 6.07) is 0. The van der Waals surface area contributed by atoms with E-state index >= 15 is 0 Å². The van der Waals surface area contributed by atoms with Crippen LogP contribution in [0.15, 0.2) is 0 Å². The van der Waals surface area contributed by atoms with Crippen molar-refractivity contribution in [2.24, 2.45) is 11.1 Å². The van der Waals surface area contributed by atoms with Crippen molar-refractivity contribution >= 4 is 0 Å². The summed E-state index contributed by atoms with van der Waals surface area (Å²) in [5.41, 5.74) is 7.01. The molecule has 0 atom stereocenters. The second kappa shape index (κ2) is 1.34. The first-order valence-corrected chi connectivity index (χ1v) is 3.91. The second-order valence-corrected chi connectivity index (χ2v) is 4.35. The molecule has 2 fully saturated rings. The molecule has 0 spiro atoms. The van der Waals surface area contributed by atoms with Gasteiger partial charge in [0.25, 0.3) is 0 Å². The normalized spacial score (nSPS) is 56.7. The van der Waals surface area contributed by atoms with E-state index in [1.807, 2.05) is 0 Å². The molecule has 0 aromatic rings. The Kier molecular flexibility index (Phi) is 0.852. The molecule has 0 radical (unpaired) electrons. The van der Waals surface area contributed by atoms with E-state index in [-0.39, 0.29) is 5.54 Å². The third kappa shape index (κ3) is 0.710. The van der Waals surface area contributed by atoms with Crippen molar-refractivity contribution in [3.8, 4) is 0 Å². The van der Waals surface area contributed by atoms with Crippen LogP contribution in [-0.2, 0) is 0 Å². The Balaban J connectivity index is 2.25. The van der Waals surface area contributed by atoms with Crippen molar-refractivity contribution in [2.75, 3.05) is 0 Å². The Morgan fingerprint density at radius 3 is 1.78 bits per heavy atom. The van der Waals surface area contributed by atoms with E-state index in [9.17, 15) is 0 Å². The van der Waals surface area contributed by atoms with Crippen molar-refractivity contribution in [1.29, 1.82) is 0 Å². The van der Waals surface area contributed by atoms with E-state index in [0.29, 0.717) is 5.41 Å². The molecule has 2 N–H and O–H groups in total. The maximum Gasteiger partial charge on any atom is 0.0160 e. The highest BCUT2D eigenvalue weighted by atomic mass is 14.8. The van der Waals surface area contributed by atoms with Crippen LogP contribution in [0.5, 0.6) is 0 Å². The highest BCUT2D eigenvalue weighted by molar-refractivity contribution is 5.05. The van der Waals surface area contributed by atoms with Crippen molar-refractivity contribution < 1.29 is 0 Å². The lowest BCUT2D eigenvalue weighted by molar-refractivity contribution is 0.328. The van der Waals surface area contributed by atoms with Gasteiger partial charge >= 0.3 is 0 Å². The predicted octanol–water partition coefficient (Wildman–Crippen LogP) is 1.67. The lowest BCUT2D eigenvalue weighted by atomic mass is 9.86. The second-order valence-electron chi connectivity index (χ2n) is 4.35. The van der Waals surface area contributed by atoms with Crippen LogP contribution in [0.1, 0.15) is 39.0 Å². The van der Waals surface area contributed by atoms with Gasteiger partial charge in [-0.1, -0.05) is 6.92 Å². The lowest BCUT2D eigenvalue weighted by Gasteiger charge is -2.21. The van der Waals surface area contributed by atoms with Crippen molar-refractivity contribution in [3.05, 3.63) is 0 Å². The maximum absolute atomic E-state index is 6.09. The SMILES string of the molecule is CC12CCC(N)(CC1)C2. The Hall–Kier alpha value is -0.0400. The first kappa shape index (κ1) is 5.72. The van der Waals surface area contributed by atoms with Crippen molar-refractivity contribution in [3.63, 3.8) is 0 Å². The molecule has 2 rings (SSSR count). The first-order chi connectivity index (χ1) is 4.12. The Labute approximate surface area is 56.6 Å². The monoisotopic (exact) mass is 125 g/mol. The number of rotatable bonds is 0. The fourth-order valence-electron chi connectivity index (χ4n) is 2.55. The minimum absolute atomic E-state index is 0.273. The van der Waals surface area contributed by atoms with E-state index in [2.05, 4.69) is 6.92 Å². The summed E-state index contributed by atoms with van der Waals surface area (Å²) in [7, 11) is 0. The van der Waals surface area contributed by atoms with E-state index in [1.165, 1.54) is 32.1 Å². The molecule has 0 amide bonds. The molecule has 0 saturated heterocycles. The standard InChI is InChI=1S/C8H15N/c1-7-2-4-8(9,6-7)5-3-7/h2-6,9H2,1H3. The molecule has 2 bridgehead atoms. The Morgan fingerprint density at radius 1 is 1.11 bits per heavy atom. The molecule has 0 aromatic carbocycles. The van der Waals surface area contributed by atoms with Crippen LogP contribution >= 0.6 is 0 Å². The van der Waals surface area contributed by atoms with Crippen LogP contribution in [0.4, 0.5) is 0 Å². The van der Waals surface area contributed by atoms with Crippen LogP contribution in [0.25, 0.3) is 0 Å². The van der Waals surface area contributed by atoms with Gasteiger partial charge in [0.1, 0.15) is 0 Å². The minimum Gasteiger partial charge on any atom is -0.325 e. The van der Waals surface area contributed by atoms with Gasteiger partial charge in [-0.3, -0.25) is 0 Å². The topological polar surface area (TPSA) is 26.0 Å². The van der Waals surface area contributed by atoms with E-state index < -0.39 is 0 Å². The van der Waals surface area contributed by atoms with Gasteiger partial charge in [0, 0.05) is 5.54 Å². The molecule has 0 unspecified atom stereocenters. The van der Waals surface area contributed by atoms with E-state index in [0.717, 1.165) is 0 Å². The molecule has 1 heteroatoms. The lowest BCUT2D eigenvalue weighted by Crippen LogP contribution is -2.33. The average molecular weight is 125 g/mol. The fraction of sp³-hybridized carbons (Fsp3) is 1.00. The van der Waals surface area contributed by atoms with E-state index in [1.54, 1.807) is 0 Å². The summed E-state index contributed by atoms with van der Waals surface area (Å²) >= 11 is 0. The quantitative estimate of drug-likeness (QED) is 0.523. The van der Waals surface area contributed by atoms with Crippen LogP contribution in [-0.4, -0.2) is 5.54 Å². The average Bonchev–Trinajstić information content (AvgIpc) is 2.19. The van der Waals surface area contributed by atoms with Gasteiger partial charge in [0.05, 0.1) is 0 Å². The molecule has 0 aliphatic heterocycles. The van der Waals surface area contributed by atoms with Crippen LogP contribution in [0.2, 0.25) is 0 Å². The molecular formula is C8H15N. The summed E-state index contributed by atoms with van der Waals surface area (Å²) in [4.78, 5) is 0. The molecule has 0 aromatic heterocycles. The van der Waals surface area contributed by atoms with Crippen LogP contribution < -0.4 is 5.73 Å². The number of fused-ring (bicyclic) bond motifs is 2. The molecule has 0 heterocycles. The van der Waals surface area contributed by atoms with Gasteiger partial charge in [0.2, 0.25) is 0 Å². The highest BCUT2D eigenvalue weighted by Crippen LogP contribution is 2.54. The molecule has 9 heavy (non-hydrogen) atoms. The van der Waals surface area contributed by atoms with Crippen molar-refractivity contribution in [2.45, 2.75) is 44.6 Å². The van der Waals surface area contributed by atoms with Gasteiger partial charge < -0.3 is 5.73 Å². The zero-order chi connectivity index (χ0) is 6.54. The zero-order valence-electron chi connectivity index (χ0n) is 6.11. The first-order valence-electron chi connectivity index (χ1n) is 3.91. The minimum atomic E-state index is 0.273. The zero-order valence-corrected chi connectivity index (χ0v) is 6.11. The predicted molar refractivity (Wildman–Crippen MR) is 38.1 cm³/mol. The summed E-state index contributed by atoms with van der Waals surface area (Å²) in [6.45, 7) is 2.38. The van der Waals surface area contributed by atoms with Gasteiger partial charge in [-0.2, -0.15) is 0 Å². The summed E-state index contributed by atoms with van der Waals surface area (Å²) in [5.74, 6) is 0. The molecule has 1 nitrogen and oxygen atoms in total. The molecular weight excluding hydrogens is 110 g/mol. The number of hydrogen-bond donors (Lipinski definition) is 1. The smallest absolute Gasteiger partial charge is 0.0160 e. The molecule has 2 saturated carbocycles. The number of hydrogen-bond acceptors (Lipinski definition) is 1. The van der Waals surface area contributed by atoms with E-state index in [4.69, 9.17) is 5.73 Å². The molecule has 52 valence electrons. The van der Waals surface area contributed by atoms with Crippen LogP contribution in [0.3, 0.4) is 0 Å². The molecule has 2 aliphatic carbocycles. The Bertz CT molecular complexity index is 116. The fourth-order valence-corrected chi connectivity index (χ4v) is 2.55.